The maximum Gasteiger partial charge on any atom is 0.394 e. The zero-order valence-corrected chi connectivity index (χ0v) is 21.4. The van der Waals surface area contributed by atoms with E-state index in [1.807, 2.05) is 44.2 Å². The minimum atomic E-state index is -4.67. The van der Waals surface area contributed by atoms with Crippen molar-refractivity contribution in [2.75, 3.05) is 0 Å². The Bertz CT molecular complexity index is 941. The van der Waals surface area contributed by atoms with E-state index in [1.165, 1.54) is 36.0 Å². The highest BCUT2D eigenvalue weighted by Gasteiger charge is 2.26. The molecule has 180 valence electrons. The first-order chi connectivity index (χ1) is 14.6. The number of halogens is 2. The molecule has 0 aliphatic heterocycles. The Morgan fingerprint density at radius 2 is 1.53 bits per heavy atom. The lowest BCUT2D eigenvalue weighted by atomic mass is 9.73. The molecular formula is C24H34Cl2O5S. The van der Waals surface area contributed by atoms with E-state index in [-0.39, 0.29) is 0 Å². The van der Waals surface area contributed by atoms with Crippen molar-refractivity contribution >= 4 is 33.6 Å². The Hall–Kier alpha value is -1.15. The van der Waals surface area contributed by atoms with Crippen LogP contribution in [-0.4, -0.2) is 28.2 Å². The van der Waals surface area contributed by atoms with Crippen molar-refractivity contribution in [3.05, 3.63) is 69.2 Å². The molecule has 0 amide bonds. The van der Waals surface area contributed by atoms with Gasteiger partial charge in [-0.15, -0.1) is 0 Å². The van der Waals surface area contributed by atoms with Gasteiger partial charge in [-0.1, -0.05) is 55.2 Å². The van der Waals surface area contributed by atoms with Gasteiger partial charge in [0.15, 0.2) is 0 Å². The molecule has 0 atom stereocenters. The molecular weight excluding hydrogens is 471 g/mol. The Balaban J connectivity index is 0.000000266. The number of aliphatic hydroxyl groups is 1. The molecule has 32 heavy (non-hydrogen) atoms. The second-order valence-corrected chi connectivity index (χ2v) is 11.0. The molecule has 3 rings (SSSR count). The topological polar surface area (TPSA) is 94.8 Å². The minimum Gasteiger partial charge on any atom is -0.390 e. The molecule has 0 heterocycles. The number of hydrogen-bond donors (Lipinski definition) is 3. The quantitative estimate of drug-likeness (QED) is 0.400. The van der Waals surface area contributed by atoms with Crippen LogP contribution in [0.1, 0.15) is 70.1 Å². The third kappa shape index (κ3) is 12.8. The summed E-state index contributed by atoms with van der Waals surface area (Å²) in [5.74, 6) is 0. The average molecular weight is 506 g/mol. The molecule has 2 aromatic rings. The number of aryl methyl sites for hydroxylation is 2. The zero-order valence-electron chi connectivity index (χ0n) is 19.1. The van der Waals surface area contributed by atoms with E-state index >= 15 is 0 Å². The molecule has 1 aliphatic rings. The van der Waals surface area contributed by atoms with Crippen LogP contribution in [0.2, 0.25) is 10.0 Å². The molecule has 0 radical (unpaired) electrons. The van der Waals surface area contributed by atoms with Crippen molar-refractivity contribution in [3.8, 4) is 0 Å². The van der Waals surface area contributed by atoms with Gasteiger partial charge < -0.3 is 5.11 Å². The Morgan fingerprint density at radius 3 is 2.06 bits per heavy atom. The zero-order chi connectivity index (χ0) is 24.6. The summed E-state index contributed by atoms with van der Waals surface area (Å²) in [6.45, 7) is 8.30. The summed E-state index contributed by atoms with van der Waals surface area (Å²) < 4.78 is 31.6. The highest BCUT2D eigenvalue weighted by atomic mass is 35.5. The first-order valence-corrected chi connectivity index (χ1v) is 12.7. The summed E-state index contributed by atoms with van der Waals surface area (Å²) in [5, 5.41) is 11.2. The van der Waals surface area contributed by atoms with E-state index in [1.54, 1.807) is 0 Å². The van der Waals surface area contributed by atoms with E-state index in [0.29, 0.717) is 5.41 Å². The van der Waals surface area contributed by atoms with Crippen LogP contribution in [0.3, 0.4) is 0 Å². The van der Waals surface area contributed by atoms with Crippen molar-refractivity contribution in [1.82, 2.24) is 0 Å². The van der Waals surface area contributed by atoms with Crippen LogP contribution in [0.5, 0.6) is 0 Å². The van der Waals surface area contributed by atoms with E-state index in [0.717, 1.165) is 29.3 Å². The molecule has 0 saturated heterocycles. The van der Waals surface area contributed by atoms with Gasteiger partial charge in [0.25, 0.3) is 0 Å². The standard InChI is InChI=1S/C12H17ClO.C12H15Cl.H2O4S/c1-12(2,14)9-3-4-10-5-7-11(13)8-6-10;1-12(2)7-3-4-9-5-6-10(13)8-11(9)12;1-5(2,3)4/h5-8,14H,3-4,9H2,1-2H3;5-6,8H,3-4,7H2,1-2H3;(H2,1,2,3,4). The Kier molecular flexibility index (Phi) is 11.1. The highest BCUT2D eigenvalue weighted by molar-refractivity contribution is 7.79. The molecule has 2 aromatic carbocycles. The maximum atomic E-state index is 9.52. The predicted molar refractivity (Wildman–Crippen MR) is 132 cm³/mol. The first-order valence-electron chi connectivity index (χ1n) is 10.5. The van der Waals surface area contributed by atoms with Crippen LogP contribution < -0.4 is 0 Å². The Morgan fingerprint density at radius 1 is 1.00 bits per heavy atom. The molecule has 0 saturated carbocycles. The van der Waals surface area contributed by atoms with Crippen LogP contribution in [-0.2, 0) is 28.7 Å². The van der Waals surface area contributed by atoms with Gasteiger partial charge in [-0.3, -0.25) is 9.11 Å². The maximum absolute atomic E-state index is 9.52. The van der Waals surface area contributed by atoms with Gasteiger partial charge in [0, 0.05) is 10.0 Å². The fourth-order valence-electron chi connectivity index (χ4n) is 3.63. The lowest BCUT2D eigenvalue weighted by molar-refractivity contribution is 0.0689. The van der Waals surface area contributed by atoms with E-state index in [2.05, 4.69) is 26.0 Å². The second-order valence-electron chi connectivity index (χ2n) is 9.28. The van der Waals surface area contributed by atoms with Gasteiger partial charge in [0.2, 0.25) is 0 Å². The van der Waals surface area contributed by atoms with Gasteiger partial charge in [-0.25, -0.2) is 0 Å². The molecule has 0 aromatic heterocycles. The van der Waals surface area contributed by atoms with Crippen molar-refractivity contribution in [2.45, 2.75) is 77.2 Å². The molecule has 0 fully saturated rings. The van der Waals surface area contributed by atoms with Gasteiger partial charge in [-0.05, 0) is 98.7 Å². The SMILES string of the molecule is CC(C)(O)CCCc1ccc(Cl)cc1.CC1(C)CCCc2ccc(Cl)cc21.O=S(=O)(O)O. The molecule has 3 N–H and O–H groups in total. The number of hydrogen-bond acceptors (Lipinski definition) is 3. The molecule has 5 nitrogen and oxygen atoms in total. The average Bonchev–Trinajstić information content (AvgIpc) is 2.62. The summed E-state index contributed by atoms with van der Waals surface area (Å²) in [5.41, 5.74) is 3.98. The van der Waals surface area contributed by atoms with Crippen molar-refractivity contribution in [3.63, 3.8) is 0 Å². The van der Waals surface area contributed by atoms with E-state index in [4.69, 9.17) is 40.7 Å². The van der Waals surface area contributed by atoms with Gasteiger partial charge in [0.1, 0.15) is 0 Å². The molecule has 0 unspecified atom stereocenters. The third-order valence-electron chi connectivity index (χ3n) is 5.22. The fraction of sp³-hybridized carbons (Fsp3) is 0.500. The molecule has 8 heteroatoms. The Labute approximate surface area is 202 Å². The molecule has 0 spiro atoms. The summed E-state index contributed by atoms with van der Waals surface area (Å²) in [6, 6.07) is 14.2. The van der Waals surface area contributed by atoms with Gasteiger partial charge >= 0.3 is 10.4 Å². The van der Waals surface area contributed by atoms with Crippen LogP contribution >= 0.6 is 23.2 Å². The van der Waals surface area contributed by atoms with Crippen molar-refractivity contribution in [1.29, 1.82) is 0 Å². The number of fused-ring (bicyclic) bond motifs is 1. The summed E-state index contributed by atoms with van der Waals surface area (Å²) in [7, 11) is -4.67. The molecule has 0 bridgehead atoms. The van der Waals surface area contributed by atoms with E-state index in [9.17, 15) is 5.11 Å². The second kappa shape index (κ2) is 12.4. The van der Waals surface area contributed by atoms with Crippen LogP contribution in [0.15, 0.2) is 42.5 Å². The lowest BCUT2D eigenvalue weighted by Crippen LogP contribution is -2.23. The largest absolute Gasteiger partial charge is 0.394 e. The normalized spacial score (nSPS) is 14.9. The van der Waals surface area contributed by atoms with Crippen LogP contribution in [0.25, 0.3) is 0 Å². The van der Waals surface area contributed by atoms with Gasteiger partial charge in [-0.2, -0.15) is 8.42 Å². The predicted octanol–water partition coefficient (Wildman–Crippen LogP) is 6.73. The number of rotatable bonds is 4. The van der Waals surface area contributed by atoms with Crippen LogP contribution in [0.4, 0.5) is 0 Å². The lowest BCUT2D eigenvalue weighted by Gasteiger charge is -2.32. The van der Waals surface area contributed by atoms with Crippen LogP contribution in [0, 0.1) is 0 Å². The number of benzene rings is 2. The summed E-state index contributed by atoms with van der Waals surface area (Å²) >= 11 is 11.8. The van der Waals surface area contributed by atoms with Gasteiger partial charge in [0.05, 0.1) is 5.60 Å². The highest BCUT2D eigenvalue weighted by Crippen LogP contribution is 2.37. The molecule has 1 aliphatic carbocycles. The third-order valence-corrected chi connectivity index (χ3v) is 5.70. The van der Waals surface area contributed by atoms with Crippen molar-refractivity contribution < 1.29 is 22.6 Å². The van der Waals surface area contributed by atoms with E-state index < -0.39 is 16.0 Å². The minimum absolute atomic E-state index is 0.318. The smallest absolute Gasteiger partial charge is 0.390 e. The fourth-order valence-corrected chi connectivity index (χ4v) is 3.93. The summed E-state index contributed by atoms with van der Waals surface area (Å²) in [6.07, 6.45) is 6.64. The van der Waals surface area contributed by atoms with Crippen molar-refractivity contribution in [2.24, 2.45) is 0 Å². The monoisotopic (exact) mass is 504 g/mol. The summed E-state index contributed by atoms with van der Waals surface area (Å²) in [4.78, 5) is 0. The first kappa shape index (κ1) is 28.9.